The van der Waals surface area contributed by atoms with E-state index >= 15 is 0 Å². The van der Waals surface area contributed by atoms with E-state index in [0.717, 1.165) is 37.1 Å². The summed E-state index contributed by atoms with van der Waals surface area (Å²) in [5, 5.41) is 9.62. The van der Waals surface area contributed by atoms with Gasteiger partial charge < -0.3 is 5.11 Å². The minimum absolute atomic E-state index is 0.342. The summed E-state index contributed by atoms with van der Waals surface area (Å²) in [6, 6.07) is 0. The molecule has 0 aromatic heterocycles. The molecule has 0 radical (unpaired) electrons. The highest BCUT2D eigenvalue weighted by molar-refractivity contribution is 5.17. The molecule has 2 unspecified atom stereocenters. The van der Waals surface area contributed by atoms with Gasteiger partial charge in [-0.15, -0.1) is 6.58 Å². The Bertz CT molecular complexity index is 379. The number of nitrogens with zero attached hydrogens (tertiary/aromatic N) is 1. The highest BCUT2D eigenvalue weighted by atomic mass is 16.3. The number of hydrogen-bond acceptors (Lipinski definition) is 1. The zero-order valence-corrected chi connectivity index (χ0v) is 13.6. The van der Waals surface area contributed by atoms with Gasteiger partial charge >= 0.3 is 0 Å². The second-order valence-corrected chi connectivity index (χ2v) is 8.35. The second kappa shape index (κ2) is 5.87. The van der Waals surface area contributed by atoms with E-state index in [1.165, 1.54) is 38.5 Å². The molecule has 21 heavy (non-hydrogen) atoms. The smallest absolute Gasteiger partial charge is 0.162 e. The van der Waals surface area contributed by atoms with Gasteiger partial charge in [0.05, 0.1) is 6.10 Å². The molecule has 4 rings (SSSR count). The van der Waals surface area contributed by atoms with E-state index < -0.39 is 0 Å². The normalized spacial score (nSPS) is 40.0. The van der Waals surface area contributed by atoms with Crippen LogP contribution in [0, 0.1) is 23.7 Å². The monoisotopic (exact) mass is 290 g/mol. The summed E-state index contributed by atoms with van der Waals surface area (Å²) < 4.78 is 2.46. The van der Waals surface area contributed by atoms with Gasteiger partial charge in [-0.3, -0.25) is 0 Å². The molecule has 2 heteroatoms. The molecule has 0 heterocycles. The molecular formula is C19H32NO+. The molecule has 0 saturated heterocycles. The maximum absolute atomic E-state index is 9.62. The fourth-order valence-corrected chi connectivity index (χ4v) is 5.69. The number of aliphatic hydroxyl groups excluding tert-OH is 1. The van der Waals surface area contributed by atoms with Crippen LogP contribution in [-0.2, 0) is 0 Å². The molecule has 0 spiro atoms. The van der Waals surface area contributed by atoms with Gasteiger partial charge in [-0.05, 0) is 49.9 Å². The third kappa shape index (κ3) is 3.11. The molecular weight excluding hydrogens is 258 g/mol. The van der Waals surface area contributed by atoms with Crippen molar-refractivity contribution < 1.29 is 9.68 Å². The lowest BCUT2D eigenvalue weighted by molar-refractivity contribution is -0.623. The van der Waals surface area contributed by atoms with E-state index in [9.17, 15) is 5.11 Å². The third-order valence-corrected chi connectivity index (χ3v) is 6.44. The molecule has 118 valence electrons. The van der Waals surface area contributed by atoms with Gasteiger partial charge in [-0.1, -0.05) is 13.0 Å². The summed E-state index contributed by atoms with van der Waals surface area (Å²) in [5.74, 6) is 3.56. The van der Waals surface area contributed by atoms with Crippen LogP contribution in [-0.4, -0.2) is 34.6 Å². The molecule has 0 aliphatic heterocycles. The minimum atomic E-state index is -0.342. The Kier molecular flexibility index (Phi) is 4.27. The average molecular weight is 290 g/mol. The Morgan fingerprint density at radius 3 is 2.14 bits per heavy atom. The second-order valence-electron chi connectivity index (χ2n) is 8.35. The number of rotatable bonds is 7. The van der Waals surface area contributed by atoms with Gasteiger partial charge in [-0.25, -0.2) is 4.58 Å². The van der Waals surface area contributed by atoms with Crippen LogP contribution >= 0.6 is 0 Å². The zero-order chi connectivity index (χ0) is 15.0. The van der Waals surface area contributed by atoms with E-state index in [1.807, 2.05) is 0 Å². The van der Waals surface area contributed by atoms with Crippen molar-refractivity contribution in [1.29, 1.82) is 0 Å². The summed E-state index contributed by atoms with van der Waals surface area (Å²) in [6.07, 6.45) is 11.9. The molecule has 0 aromatic carbocycles. The molecule has 0 aromatic rings. The Morgan fingerprint density at radius 2 is 1.67 bits per heavy atom. The van der Waals surface area contributed by atoms with Crippen molar-refractivity contribution in [2.45, 2.75) is 69.9 Å². The molecule has 2 atom stereocenters. The average Bonchev–Trinajstić information content (AvgIpc) is 2.43. The van der Waals surface area contributed by atoms with Gasteiger partial charge in [0.1, 0.15) is 13.3 Å². The molecule has 4 bridgehead atoms. The Labute approximate surface area is 130 Å². The standard InChI is InChI=1S/C19H32NO/c1-4-18(21)6-5-14(2)13-20(3)19-10-15-7-16(11-19)9-17(8-15)12-19/h4,14-18,21H,1,3,5-13H2,2H3/q+1. The van der Waals surface area contributed by atoms with Gasteiger partial charge in [0.15, 0.2) is 5.54 Å². The third-order valence-electron chi connectivity index (χ3n) is 6.44. The molecule has 0 amide bonds. The van der Waals surface area contributed by atoms with Gasteiger partial charge in [-0.2, -0.15) is 0 Å². The van der Waals surface area contributed by atoms with Crippen molar-refractivity contribution >= 4 is 6.72 Å². The predicted octanol–water partition coefficient (Wildman–Crippen LogP) is 3.63. The fourth-order valence-electron chi connectivity index (χ4n) is 5.69. The quantitative estimate of drug-likeness (QED) is 0.432. The number of hydrogen-bond donors (Lipinski definition) is 1. The summed E-state index contributed by atoms with van der Waals surface area (Å²) in [6.45, 7) is 11.5. The van der Waals surface area contributed by atoms with Gasteiger partial charge in [0.25, 0.3) is 0 Å². The first-order valence-corrected chi connectivity index (χ1v) is 8.89. The molecule has 1 N–H and O–H groups in total. The fraction of sp³-hybridized carbons (Fsp3) is 0.842. The number of aliphatic hydroxyl groups is 1. The van der Waals surface area contributed by atoms with Crippen molar-refractivity contribution in [2.75, 3.05) is 6.54 Å². The van der Waals surface area contributed by atoms with E-state index in [4.69, 9.17) is 0 Å². The maximum Gasteiger partial charge on any atom is 0.162 e. The largest absolute Gasteiger partial charge is 0.389 e. The van der Waals surface area contributed by atoms with Crippen molar-refractivity contribution in [3.63, 3.8) is 0 Å². The molecule has 4 aliphatic carbocycles. The van der Waals surface area contributed by atoms with E-state index in [1.54, 1.807) is 6.08 Å². The Morgan fingerprint density at radius 1 is 1.14 bits per heavy atom. The summed E-state index contributed by atoms with van der Waals surface area (Å²) >= 11 is 0. The van der Waals surface area contributed by atoms with Crippen molar-refractivity contribution in [2.24, 2.45) is 23.7 Å². The van der Waals surface area contributed by atoms with Gasteiger partial charge in [0.2, 0.25) is 0 Å². The molecule has 4 saturated carbocycles. The first kappa shape index (κ1) is 15.3. The van der Waals surface area contributed by atoms with Crippen LogP contribution in [0.15, 0.2) is 12.7 Å². The van der Waals surface area contributed by atoms with Crippen LogP contribution in [0.3, 0.4) is 0 Å². The molecule has 2 nitrogen and oxygen atoms in total. The molecule has 4 fully saturated rings. The lowest BCUT2D eigenvalue weighted by Gasteiger charge is -2.54. The van der Waals surface area contributed by atoms with E-state index in [2.05, 4.69) is 24.8 Å². The highest BCUT2D eigenvalue weighted by Gasteiger charge is 2.56. The summed E-state index contributed by atoms with van der Waals surface area (Å²) in [4.78, 5) is 0. The zero-order valence-electron chi connectivity index (χ0n) is 13.6. The van der Waals surface area contributed by atoms with Crippen LogP contribution < -0.4 is 0 Å². The topological polar surface area (TPSA) is 23.2 Å². The summed E-state index contributed by atoms with van der Waals surface area (Å²) in [5.41, 5.74) is 0.417. The maximum atomic E-state index is 9.62. The van der Waals surface area contributed by atoms with Crippen molar-refractivity contribution in [3.8, 4) is 0 Å². The van der Waals surface area contributed by atoms with E-state index in [0.29, 0.717) is 11.5 Å². The van der Waals surface area contributed by atoms with Crippen LogP contribution in [0.1, 0.15) is 58.3 Å². The lowest BCUT2D eigenvalue weighted by atomic mass is 9.52. The predicted molar refractivity (Wildman–Crippen MR) is 87.8 cm³/mol. The van der Waals surface area contributed by atoms with Crippen molar-refractivity contribution in [1.82, 2.24) is 0 Å². The first-order chi connectivity index (χ1) is 10.0. The van der Waals surface area contributed by atoms with Crippen LogP contribution in [0.25, 0.3) is 0 Å². The van der Waals surface area contributed by atoms with Crippen LogP contribution in [0.5, 0.6) is 0 Å². The first-order valence-electron chi connectivity index (χ1n) is 8.89. The summed E-state index contributed by atoms with van der Waals surface area (Å²) in [7, 11) is 0. The SMILES string of the molecule is C=CC(O)CCC(C)C[N+](=C)C12CC3CC(CC(C3)C1)C2. The van der Waals surface area contributed by atoms with E-state index in [-0.39, 0.29) is 6.10 Å². The van der Waals surface area contributed by atoms with Crippen molar-refractivity contribution in [3.05, 3.63) is 12.7 Å². The Hall–Kier alpha value is -0.630. The highest BCUT2D eigenvalue weighted by Crippen LogP contribution is 2.56. The minimum Gasteiger partial charge on any atom is -0.389 e. The van der Waals surface area contributed by atoms with Crippen LogP contribution in [0.2, 0.25) is 0 Å². The lowest BCUT2D eigenvalue weighted by Crippen LogP contribution is -2.57. The Balaban J connectivity index is 1.56. The molecule has 4 aliphatic rings. The van der Waals surface area contributed by atoms with Crippen LogP contribution in [0.4, 0.5) is 0 Å². The van der Waals surface area contributed by atoms with Gasteiger partial charge in [0, 0.05) is 25.2 Å².